The highest BCUT2D eigenvalue weighted by Gasteiger charge is 2.32. The van der Waals surface area contributed by atoms with E-state index in [0.717, 1.165) is 32.4 Å². The summed E-state index contributed by atoms with van der Waals surface area (Å²) in [5.41, 5.74) is 0.281. The monoisotopic (exact) mass is 284 g/mol. The molecule has 114 valence electrons. The van der Waals surface area contributed by atoms with Gasteiger partial charge in [0.2, 0.25) is 0 Å². The number of carboxylic acids is 1. The van der Waals surface area contributed by atoms with E-state index >= 15 is 0 Å². The number of nitrogens with zero attached hydrogens (tertiary/aromatic N) is 2. The van der Waals surface area contributed by atoms with Crippen LogP contribution in [0.4, 0.5) is 4.79 Å². The van der Waals surface area contributed by atoms with Gasteiger partial charge < -0.3 is 19.6 Å². The maximum absolute atomic E-state index is 12.5. The van der Waals surface area contributed by atoms with E-state index < -0.39 is 12.1 Å². The number of morpholine rings is 1. The quantitative estimate of drug-likeness (QED) is 0.790. The summed E-state index contributed by atoms with van der Waals surface area (Å²) in [6, 6.07) is -0.0442. The second-order valence-electron chi connectivity index (χ2n) is 6.43. The third-order valence-corrected chi connectivity index (χ3v) is 4.22. The first-order chi connectivity index (χ1) is 9.39. The Balaban J connectivity index is 1.95. The third-order valence-electron chi connectivity index (χ3n) is 4.22. The van der Waals surface area contributed by atoms with E-state index in [9.17, 15) is 9.59 Å². The molecule has 20 heavy (non-hydrogen) atoms. The minimum atomic E-state index is -1.00. The van der Waals surface area contributed by atoms with Gasteiger partial charge in [-0.15, -0.1) is 0 Å². The molecule has 6 heteroatoms. The molecule has 2 saturated heterocycles. The van der Waals surface area contributed by atoms with Crippen molar-refractivity contribution in [3.05, 3.63) is 0 Å². The normalized spacial score (nSPS) is 27.0. The Bertz CT molecular complexity index is 383. The van der Waals surface area contributed by atoms with Crippen LogP contribution in [0.2, 0.25) is 0 Å². The zero-order chi connectivity index (χ0) is 14.8. The van der Waals surface area contributed by atoms with Gasteiger partial charge in [0, 0.05) is 19.6 Å². The topological polar surface area (TPSA) is 70.1 Å². The Labute approximate surface area is 119 Å². The van der Waals surface area contributed by atoms with E-state index in [1.165, 1.54) is 0 Å². The van der Waals surface area contributed by atoms with Gasteiger partial charge in [-0.3, -0.25) is 0 Å². The van der Waals surface area contributed by atoms with E-state index in [-0.39, 0.29) is 18.0 Å². The van der Waals surface area contributed by atoms with Gasteiger partial charge in [0.15, 0.2) is 6.10 Å². The van der Waals surface area contributed by atoms with Crippen molar-refractivity contribution < 1.29 is 19.4 Å². The van der Waals surface area contributed by atoms with Gasteiger partial charge in [-0.1, -0.05) is 13.8 Å². The molecule has 2 amide bonds. The minimum absolute atomic E-state index is 0.0442. The fourth-order valence-electron chi connectivity index (χ4n) is 2.79. The lowest BCUT2D eigenvalue weighted by Gasteiger charge is -2.35. The summed E-state index contributed by atoms with van der Waals surface area (Å²) >= 11 is 0. The van der Waals surface area contributed by atoms with E-state index in [2.05, 4.69) is 13.8 Å². The zero-order valence-electron chi connectivity index (χ0n) is 12.3. The number of hydrogen-bond acceptors (Lipinski definition) is 3. The lowest BCUT2D eigenvalue weighted by atomic mass is 9.85. The molecule has 0 radical (unpaired) electrons. The van der Waals surface area contributed by atoms with Crippen molar-refractivity contribution in [1.29, 1.82) is 0 Å². The van der Waals surface area contributed by atoms with Crippen LogP contribution < -0.4 is 0 Å². The summed E-state index contributed by atoms with van der Waals surface area (Å²) in [7, 11) is 0. The van der Waals surface area contributed by atoms with Gasteiger partial charge in [0.25, 0.3) is 0 Å². The van der Waals surface area contributed by atoms with Crippen molar-refractivity contribution in [2.75, 3.05) is 32.8 Å². The maximum atomic E-state index is 12.5. The molecule has 0 bridgehead atoms. The van der Waals surface area contributed by atoms with Gasteiger partial charge in [0.1, 0.15) is 0 Å². The number of amides is 2. The van der Waals surface area contributed by atoms with Crippen LogP contribution in [-0.2, 0) is 9.53 Å². The van der Waals surface area contributed by atoms with Crippen molar-refractivity contribution in [2.45, 2.75) is 39.2 Å². The number of rotatable bonds is 1. The summed E-state index contributed by atoms with van der Waals surface area (Å²) in [5.74, 6) is -1.00. The molecule has 0 aromatic carbocycles. The second-order valence-corrected chi connectivity index (χ2v) is 6.43. The van der Waals surface area contributed by atoms with Crippen LogP contribution >= 0.6 is 0 Å². The predicted molar refractivity (Wildman–Crippen MR) is 73.5 cm³/mol. The van der Waals surface area contributed by atoms with Crippen LogP contribution in [0.3, 0.4) is 0 Å². The van der Waals surface area contributed by atoms with Crippen LogP contribution in [0.5, 0.6) is 0 Å². The van der Waals surface area contributed by atoms with Crippen molar-refractivity contribution in [2.24, 2.45) is 5.41 Å². The number of carbonyl (C=O) groups is 2. The zero-order valence-corrected chi connectivity index (χ0v) is 12.3. The van der Waals surface area contributed by atoms with Crippen molar-refractivity contribution >= 4 is 12.0 Å². The summed E-state index contributed by atoms with van der Waals surface area (Å²) in [5, 5.41) is 8.99. The predicted octanol–water partition coefficient (Wildman–Crippen LogP) is 1.40. The molecule has 0 spiro atoms. The molecule has 0 aliphatic carbocycles. The van der Waals surface area contributed by atoms with Crippen LogP contribution in [0.15, 0.2) is 0 Å². The fraction of sp³-hybridized carbons (Fsp3) is 0.857. The molecule has 2 aliphatic rings. The number of likely N-dealkylation sites (tertiary alicyclic amines) is 1. The number of ether oxygens (including phenoxy) is 1. The van der Waals surface area contributed by atoms with E-state index in [0.29, 0.717) is 13.2 Å². The second kappa shape index (κ2) is 5.99. The van der Waals surface area contributed by atoms with E-state index in [4.69, 9.17) is 9.84 Å². The van der Waals surface area contributed by atoms with Crippen molar-refractivity contribution in [3.8, 4) is 0 Å². The van der Waals surface area contributed by atoms with Gasteiger partial charge >= 0.3 is 12.0 Å². The van der Waals surface area contributed by atoms with Crippen molar-refractivity contribution in [3.63, 3.8) is 0 Å². The molecular weight excluding hydrogens is 260 g/mol. The summed E-state index contributed by atoms with van der Waals surface area (Å²) in [6.07, 6.45) is 2.23. The largest absolute Gasteiger partial charge is 0.479 e. The highest BCUT2D eigenvalue weighted by atomic mass is 16.5. The van der Waals surface area contributed by atoms with Gasteiger partial charge in [-0.25, -0.2) is 9.59 Å². The molecule has 1 N–H and O–H groups in total. The first-order valence-corrected chi connectivity index (χ1v) is 7.27. The molecular formula is C14H24N2O4. The first-order valence-electron chi connectivity index (χ1n) is 7.27. The Morgan fingerprint density at radius 1 is 1.15 bits per heavy atom. The molecule has 2 fully saturated rings. The number of carboxylic acid groups (broad SMARTS) is 1. The first kappa shape index (κ1) is 15.1. The van der Waals surface area contributed by atoms with E-state index in [1.54, 1.807) is 4.90 Å². The maximum Gasteiger partial charge on any atom is 0.334 e. The van der Waals surface area contributed by atoms with Gasteiger partial charge in [-0.05, 0) is 24.7 Å². The molecule has 2 rings (SSSR count). The lowest BCUT2D eigenvalue weighted by Crippen LogP contribution is -2.53. The van der Waals surface area contributed by atoms with Crippen LogP contribution in [0.1, 0.15) is 33.1 Å². The number of carbonyl (C=O) groups excluding carboxylic acids is 1. The SMILES string of the molecule is CC1(C)CCCN(C(=O)N2CCOC(C(=O)O)C2)CC1. The van der Waals surface area contributed by atoms with Gasteiger partial charge in [0.05, 0.1) is 13.2 Å². The Morgan fingerprint density at radius 2 is 1.90 bits per heavy atom. The standard InChI is InChI=1S/C14H24N2O4/c1-14(2)4-3-6-15(7-5-14)13(19)16-8-9-20-11(10-16)12(17)18/h11H,3-10H2,1-2H3,(H,17,18). The summed E-state index contributed by atoms with van der Waals surface area (Å²) in [4.78, 5) is 26.9. The molecule has 2 aliphatic heterocycles. The number of urea groups is 1. The Hall–Kier alpha value is -1.30. The molecule has 0 saturated carbocycles. The molecule has 1 atom stereocenters. The van der Waals surface area contributed by atoms with Crippen LogP contribution in [-0.4, -0.2) is 65.8 Å². The number of aliphatic carboxylic acids is 1. The molecule has 1 unspecified atom stereocenters. The highest BCUT2D eigenvalue weighted by Crippen LogP contribution is 2.30. The van der Waals surface area contributed by atoms with Crippen LogP contribution in [0, 0.1) is 5.41 Å². The molecule has 6 nitrogen and oxygen atoms in total. The average Bonchev–Trinajstić information content (AvgIpc) is 2.59. The Kier molecular flexibility index (Phi) is 4.52. The molecule has 2 heterocycles. The Morgan fingerprint density at radius 3 is 2.60 bits per heavy atom. The van der Waals surface area contributed by atoms with Crippen LogP contribution in [0.25, 0.3) is 0 Å². The van der Waals surface area contributed by atoms with Crippen molar-refractivity contribution in [1.82, 2.24) is 9.80 Å². The highest BCUT2D eigenvalue weighted by molar-refractivity contribution is 5.77. The molecule has 0 aromatic heterocycles. The lowest BCUT2D eigenvalue weighted by molar-refractivity contribution is -0.154. The third kappa shape index (κ3) is 3.62. The molecule has 0 aromatic rings. The number of hydrogen-bond donors (Lipinski definition) is 1. The summed E-state index contributed by atoms with van der Waals surface area (Å²) in [6.45, 7) is 6.89. The minimum Gasteiger partial charge on any atom is -0.479 e. The smallest absolute Gasteiger partial charge is 0.334 e. The fourth-order valence-corrected chi connectivity index (χ4v) is 2.79. The summed E-state index contributed by atoms with van der Waals surface area (Å²) < 4.78 is 5.15. The van der Waals surface area contributed by atoms with Gasteiger partial charge in [-0.2, -0.15) is 0 Å². The van der Waals surface area contributed by atoms with E-state index in [1.807, 2.05) is 4.90 Å². The average molecular weight is 284 g/mol.